The van der Waals surface area contributed by atoms with E-state index in [1.54, 1.807) is 13.0 Å². The lowest BCUT2D eigenvalue weighted by Crippen LogP contribution is -2.23. The third-order valence-electron chi connectivity index (χ3n) is 5.22. The molecule has 8 heteroatoms. The second-order valence-electron chi connectivity index (χ2n) is 7.25. The van der Waals surface area contributed by atoms with E-state index in [2.05, 4.69) is 16.6 Å². The largest absolute Gasteiger partial charge is 0.422 e. The van der Waals surface area contributed by atoms with E-state index >= 15 is 0 Å². The van der Waals surface area contributed by atoms with Crippen LogP contribution in [0.4, 0.5) is 4.79 Å². The number of hydrogen-bond donors (Lipinski definition) is 0. The van der Waals surface area contributed by atoms with Gasteiger partial charge in [-0.05, 0) is 55.3 Å². The lowest BCUT2D eigenvalue weighted by atomic mass is 10.0. The zero-order valence-corrected chi connectivity index (χ0v) is 17.6. The molecule has 0 unspecified atom stereocenters. The fraction of sp³-hybridized carbons (Fsp3) is 0.217. The Labute approximate surface area is 178 Å². The van der Waals surface area contributed by atoms with Crippen LogP contribution in [0, 0.1) is 0 Å². The minimum absolute atomic E-state index is 0.00359. The van der Waals surface area contributed by atoms with Gasteiger partial charge in [0, 0.05) is 42.3 Å². The van der Waals surface area contributed by atoms with Crippen LogP contribution in [0.15, 0.2) is 47.3 Å². The highest BCUT2D eigenvalue weighted by atomic mass is 16.7. The van der Waals surface area contributed by atoms with E-state index in [1.807, 2.05) is 36.4 Å². The highest BCUT2D eigenvalue weighted by Gasteiger charge is 2.33. The molecule has 4 rings (SSSR count). The minimum Gasteiger partial charge on any atom is -0.404 e. The first-order valence-corrected chi connectivity index (χ1v) is 9.80. The van der Waals surface area contributed by atoms with Gasteiger partial charge in [-0.15, -0.1) is 0 Å². The molecule has 2 heterocycles. The van der Waals surface area contributed by atoms with Crippen LogP contribution in [0.5, 0.6) is 0 Å². The molecule has 0 aliphatic carbocycles. The molecule has 2 amide bonds. The monoisotopic (exact) mass is 419 g/mol. The summed E-state index contributed by atoms with van der Waals surface area (Å²) in [7, 11) is 1.38. The number of aryl methyl sites for hydroxylation is 1. The van der Waals surface area contributed by atoms with E-state index in [0.29, 0.717) is 5.71 Å². The van der Waals surface area contributed by atoms with E-state index in [9.17, 15) is 14.4 Å². The highest BCUT2D eigenvalue weighted by molar-refractivity contribution is 6.13. The maximum atomic E-state index is 12.1. The average Bonchev–Trinajstić information content (AvgIpc) is 3.19. The van der Waals surface area contributed by atoms with Crippen molar-refractivity contribution in [3.05, 3.63) is 53.3 Å². The molecule has 0 bridgehead atoms. The Kier molecular flexibility index (Phi) is 5.06. The first-order valence-electron chi connectivity index (χ1n) is 9.80. The summed E-state index contributed by atoms with van der Waals surface area (Å²) in [4.78, 5) is 40.5. The van der Waals surface area contributed by atoms with E-state index in [1.165, 1.54) is 14.0 Å². The van der Waals surface area contributed by atoms with Gasteiger partial charge in [0.2, 0.25) is 0 Å². The summed E-state index contributed by atoms with van der Waals surface area (Å²) in [5.74, 6) is -0.953. The molecule has 1 fully saturated rings. The molecule has 1 saturated heterocycles. The van der Waals surface area contributed by atoms with Crippen molar-refractivity contribution in [2.75, 3.05) is 7.05 Å². The number of fused-ring (bicyclic) bond motifs is 3. The maximum absolute atomic E-state index is 12.1. The number of amides is 2. The molecule has 8 nitrogen and oxygen atoms in total. The Morgan fingerprint density at radius 1 is 1.10 bits per heavy atom. The molecule has 158 valence electrons. The maximum Gasteiger partial charge on any atom is 0.422 e. The zero-order valence-electron chi connectivity index (χ0n) is 17.6. The van der Waals surface area contributed by atoms with E-state index in [-0.39, 0.29) is 5.76 Å². The van der Waals surface area contributed by atoms with Crippen molar-refractivity contribution < 1.29 is 24.0 Å². The number of hydrogen-bond acceptors (Lipinski definition) is 6. The summed E-state index contributed by atoms with van der Waals surface area (Å²) >= 11 is 0. The lowest BCUT2D eigenvalue weighted by molar-refractivity contribution is -0.140. The van der Waals surface area contributed by atoms with E-state index < -0.39 is 18.0 Å². The summed E-state index contributed by atoms with van der Waals surface area (Å²) in [5.41, 5.74) is 4.24. The quantitative estimate of drug-likeness (QED) is 0.275. The van der Waals surface area contributed by atoms with Crippen LogP contribution >= 0.6 is 0 Å². The van der Waals surface area contributed by atoms with Crippen molar-refractivity contribution >= 4 is 51.6 Å². The van der Waals surface area contributed by atoms with Crippen LogP contribution < -0.4 is 0 Å². The Bertz CT molecular complexity index is 1320. The first kappa shape index (κ1) is 20.3. The number of oxime groups is 1. The second-order valence-corrected chi connectivity index (χ2v) is 7.25. The number of imide groups is 1. The van der Waals surface area contributed by atoms with Gasteiger partial charge < -0.3 is 14.1 Å². The number of ether oxygens (including phenoxy) is 1. The topological polar surface area (TPSA) is 90.2 Å². The fourth-order valence-corrected chi connectivity index (χ4v) is 3.66. The van der Waals surface area contributed by atoms with E-state index in [0.717, 1.165) is 44.4 Å². The van der Waals surface area contributed by atoms with Gasteiger partial charge in [-0.2, -0.15) is 0 Å². The van der Waals surface area contributed by atoms with Gasteiger partial charge in [-0.25, -0.2) is 14.5 Å². The number of rotatable bonds is 4. The summed E-state index contributed by atoms with van der Waals surface area (Å²) < 4.78 is 7.24. The predicted octanol–water partition coefficient (Wildman–Crippen LogP) is 4.05. The minimum atomic E-state index is -0.688. The number of nitrogens with zero attached hydrogens (tertiary/aromatic N) is 3. The fourth-order valence-electron chi connectivity index (χ4n) is 3.66. The smallest absolute Gasteiger partial charge is 0.404 e. The number of carbonyl (C=O) groups is 3. The summed E-state index contributed by atoms with van der Waals surface area (Å²) in [6.45, 7) is 5.92. The normalized spacial score (nSPS) is 15.9. The predicted molar refractivity (Wildman–Crippen MR) is 116 cm³/mol. The molecular formula is C23H21N3O5. The van der Waals surface area contributed by atoms with Crippen LogP contribution in [0.25, 0.3) is 27.9 Å². The molecule has 0 spiro atoms. The van der Waals surface area contributed by atoms with Crippen molar-refractivity contribution in [3.63, 3.8) is 0 Å². The van der Waals surface area contributed by atoms with Gasteiger partial charge >= 0.3 is 12.1 Å². The number of cyclic esters (lactones) is 1. The molecule has 1 aromatic heterocycles. The first-order chi connectivity index (χ1) is 14.8. The number of benzene rings is 2. The average molecular weight is 419 g/mol. The molecule has 0 atom stereocenters. The Hall–Kier alpha value is -3.94. The van der Waals surface area contributed by atoms with Gasteiger partial charge in [0.1, 0.15) is 0 Å². The van der Waals surface area contributed by atoms with Crippen LogP contribution in [0.1, 0.15) is 31.9 Å². The molecule has 0 saturated carbocycles. The molecule has 3 aromatic rings. The number of likely N-dealkylation sites (N-methyl/N-ethyl adjacent to an activating group) is 1. The SMILES string of the molecule is CCn1c2ccc(C=C3OC(=O)N(C)C3=O)cc2c2cc(C(C)=NOC(C)=O)ccc21. The third kappa shape index (κ3) is 3.56. The second kappa shape index (κ2) is 7.71. The molecule has 0 radical (unpaired) electrons. The van der Waals surface area contributed by atoms with Crippen LogP contribution in [0.2, 0.25) is 0 Å². The molecule has 1 aliphatic rings. The number of aromatic nitrogens is 1. The third-order valence-corrected chi connectivity index (χ3v) is 5.22. The molecular weight excluding hydrogens is 398 g/mol. The summed E-state index contributed by atoms with van der Waals surface area (Å²) in [6, 6.07) is 11.8. The zero-order chi connectivity index (χ0) is 22.3. The van der Waals surface area contributed by atoms with Crippen LogP contribution in [0.3, 0.4) is 0 Å². The molecule has 2 aromatic carbocycles. The van der Waals surface area contributed by atoms with Crippen molar-refractivity contribution in [3.8, 4) is 0 Å². The van der Waals surface area contributed by atoms with Gasteiger partial charge in [0.15, 0.2) is 5.76 Å². The standard InChI is InChI=1S/C23H21N3O5/c1-5-26-19-8-6-15(11-21-22(28)25(4)23(29)30-21)10-17(19)18-12-16(7-9-20(18)26)13(2)24-31-14(3)27/h6-12H,5H2,1-4H3. The number of carbonyl (C=O) groups excluding carboxylic acids is 3. The summed E-state index contributed by atoms with van der Waals surface area (Å²) in [5, 5.41) is 5.86. The van der Waals surface area contributed by atoms with Gasteiger partial charge in [0.05, 0.1) is 5.71 Å². The Morgan fingerprint density at radius 3 is 2.39 bits per heavy atom. The highest BCUT2D eigenvalue weighted by Crippen LogP contribution is 2.32. The van der Waals surface area contributed by atoms with Crippen molar-refractivity contribution in [2.45, 2.75) is 27.3 Å². The van der Waals surface area contributed by atoms with Crippen LogP contribution in [-0.4, -0.2) is 40.2 Å². The summed E-state index contributed by atoms with van der Waals surface area (Å²) in [6.07, 6.45) is 0.877. The van der Waals surface area contributed by atoms with Crippen molar-refractivity contribution in [2.24, 2.45) is 5.16 Å². The van der Waals surface area contributed by atoms with Gasteiger partial charge in [-0.3, -0.25) is 4.79 Å². The lowest BCUT2D eigenvalue weighted by Gasteiger charge is -2.04. The van der Waals surface area contributed by atoms with Crippen LogP contribution in [-0.2, 0) is 25.7 Å². The van der Waals surface area contributed by atoms with E-state index in [4.69, 9.17) is 9.57 Å². The van der Waals surface area contributed by atoms with Crippen molar-refractivity contribution in [1.29, 1.82) is 0 Å². The Balaban J connectivity index is 1.85. The molecule has 31 heavy (non-hydrogen) atoms. The Morgan fingerprint density at radius 2 is 1.77 bits per heavy atom. The van der Waals surface area contributed by atoms with Crippen molar-refractivity contribution in [1.82, 2.24) is 9.47 Å². The van der Waals surface area contributed by atoms with Gasteiger partial charge in [-0.1, -0.05) is 17.3 Å². The van der Waals surface area contributed by atoms with Gasteiger partial charge in [0.25, 0.3) is 5.91 Å². The molecule has 1 aliphatic heterocycles. The molecule has 0 N–H and O–H groups in total.